The number of hydrogen-bond acceptors (Lipinski definition) is 5. The first-order valence-corrected chi connectivity index (χ1v) is 9.68. The topological polar surface area (TPSA) is 75.4 Å². The fourth-order valence-electron chi connectivity index (χ4n) is 2.94. The maximum atomic E-state index is 14.9. The maximum absolute atomic E-state index is 14.9. The standard InChI is InChI=1S/C20H23F4N3O4/c1-10(20(22,23)24)30-16-9-15(14(21)8-13(16)17(28)31-19(3,4)5)27-18(29)26(11(2)25-27)12-6-7-12/h8-10,12H,6-7H2,1-5H3. The van der Waals surface area contributed by atoms with Crippen molar-refractivity contribution in [3.05, 3.63) is 39.8 Å². The minimum absolute atomic E-state index is 0.0358. The number of benzene rings is 1. The molecule has 2 aromatic rings. The van der Waals surface area contributed by atoms with Gasteiger partial charge in [0.1, 0.15) is 34.2 Å². The lowest BCUT2D eigenvalue weighted by atomic mass is 10.1. The average molecular weight is 445 g/mol. The molecule has 1 aromatic carbocycles. The molecule has 1 fully saturated rings. The Labute approximate surface area is 175 Å². The van der Waals surface area contributed by atoms with E-state index < -0.39 is 52.4 Å². The Bertz CT molecular complexity index is 1060. The molecule has 0 bridgehead atoms. The highest BCUT2D eigenvalue weighted by molar-refractivity contribution is 5.93. The minimum atomic E-state index is -4.74. The van der Waals surface area contributed by atoms with Crippen molar-refractivity contribution in [1.82, 2.24) is 14.3 Å². The summed E-state index contributed by atoms with van der Waals surface area (Å²) in [6.07, 6.45) is -5.47. The number of carbonyl (C=O) groups is 1. The molecule has 1 aliphatic rings. The van der Waals surface area contributed by atoms with Crippen LogP contribution in [-0.4, -0.2) is 38.2 Å². The number of aryl methyl sites for hydroxylation is 1. The van der Waals surface area contributed by atoms with Gasteiger partial charge in [-0.25, -0.2) is 14.0 Å². The van der Waals surface area contributed by atoms with Gasteiger partial charge in [0.15, 0.2) is 6.10 Å². The molecule has 1 atom stereocenters. The summed E-state index contributed by atoms with van der Waals surface area (Å²) < 4.78 is 66.4. The molecule has 1 aromatic heterocycles. The number of nitrogens with zero attached hydrogens (tertiary/aromatic N) is 3. The van der Waals surface area contributed by atoms with Crippen molar-refractivity contribution in [3.63, 3.8) is 0 Å². The molecule has 170 valence electrons. The summed E-state index contributed by atoms with van der Waals surface area (Å²) in [5.41, 5.74) is -2.56. The molecule has 1 unspecified atom stereocenters. The Kier molecular flexibility index (Phi) is 5.66. The maximum Gasteiger partial charge on any atom is 0.425 e. The van der Waals surface area contributed by atoms with E-state index in [1.165, 1.54) is 4.57 Å². The van der Waals surface area contributed by atoms with Gasteiger partial charge in [0.2, 0.25) is 0 Å². The minimum Gasteiger partial charge on any atom is -0.480 e. The number of esters is 1. The molecule has 31 heavy (non-hydrogen) atoms. The van der Waals surface area contributed by atoms with E-state index in [-0.39, 0.29) is 6.04 Å². The first-order chi connectivity index (χ1) is 14.2. The van der Waals surface area contributed by atoms with Crippen molar-refractivity contribution >= 4 is 5.97 Å². The molecular weight excluding hydrogens is 422 g/mol. The molecule has 1 aliphatic carbocycles. The molecular formula is C20H23F4N3O4. The van der Waals surface area contributed by atoms with E-state index in [2.05, 4.69) is 5.10 Å². The zero-order valence-corrected chi connectivity index (χ0v) is 17.7. The second-order valence-electron chi connectivity index (χ2n) is 8.45. The van der Waals surface area contributed by atoms with Gasteiger partial charge in [0.25, 0.3) is 0 Å². The lowest BCUT2D eigenvalue weighted by molar-refractivity contribution is -0.189. The van der Waals surface area contributed by atoms with Gasteiger partial charge in [0, 0.05) is 12.1 Å². The van der Waals surface area contributed by atoms with Crippen LogP contribution in [0, 0.1) is 12.7 Å². The zero-order valence-electron chi connectivity index (χ0n) is 17.7. The second-order valence-corrected chi connectivity index (χ2v) is 8.45. The third-order valence-electron chi connectivity index (χ3n) is 4.55. The van der Waals surface area contributed by atoms with Crippen LogP contribution in [0.25, 0.3) is 5.69 Å². The largest absolute Gasteiger partial charge is 0.480 e. The van der Waals surface area contributed by atoms with Crippen LogP contribution in [0.1, 0.15) is 62.8 Å². The molecule has 3 rings (SSSR count). The Morgan fingerprint density at radius 2 is 1.84 bits per heavy atom. The summed E-state index contributed by atoms with van der Waals surface area (Å²) in [5, 5.41) is 4.04. The quantitative estimate of drug-likeness (QED) is 0.512. The van der Waals surface area contributed by atoms with E-state index in [4.69, 9.17) is 9.47 Å². The highest BCUT2D eigenvalue weighted by atomic mass is 19.4. The normalized spacial score (nSPS) is 15.6. The first kappa shape index (κ1) is 22.8. The Balaban J connectivity index is 2.12. The van der Waals surface area contributed by atoms with Crippen LogP contribution in [0.15, 0.2) is 16.9 Å². The fraction of sp³-hybridized carbons (Fsp3) is 0.550. The van der Waals surface area contributed by atoms with Gasteiger partial charge in [0.05, 0.1) is 0 Å². The smallest absolute Gasteiger partial charge is 0.425 e. The average Bonchev–Trinajstić information content (AvgIpc) is 3.39. The van der Waals surface area contributed by atoms with Gasteiger partial charge in [-0.15, -0.1) is 0 Å². The predicted octanol–water partition coefficient (Wildman–Crippen LogP) is 4.10. The molecule has 0 amide bonds. The molecule has 11 heteroatoms. The summed E-state index contributed by atoms with van der Waals surface area (Å²) in [5.74, 6) is -2.32. The van der Waals surface area contributed by atoms with E-state index in [0.29, 0.717) is 11.9 Å². The third kappa shape index (κ3) is 4.91. The van der Waals surface area contributed by atoms with Crippen molar-refractivity contribution < 1.29 is 31.8 Å². The van der Waals surface area contributed by atoms with E-state index in [9.17, 15) is 27.2 Å². The Morgan fingerprint density at radius 1 is 1.23 bits per heavy atom. The number of hydrogen-bond donors (Lipinski definition) is 0. The van der Waals surface area contributed by atoms with Gasteiger partial charge in [-0.2, -0.15) is 23.0 Å². The summed E-state index contributed by atoms with van der Waals surface area (Å²) in [7, 11) is 0. The second kappa shape index (κ2) is 7.69. The van der Waals surface area contributed by atoms with E-state index >= 15 is 0 Å². The summed E-state index contributed by atoms with van der Waals surface area (Å²) in [4.78, 5) is 25.2. The van der Waals surface area contributed by atoms with Crippen molar-refractivity contribution in [2.75, 3.05) is 0 Å². The van der Waals surface area contributed by atoms with Crippen molar-refractivity contribution in [3.8, 4) is 11.4 Å². The summed E-state index contributed by atoms with van der Waals surface area (Å²) in [6.45, 7) is 7.00. The number of alkyl halides is 3. The number of halogens is 4. The van der Waals surface area contributed by atoms with Crippen LogP contribution in [0.4, 0.5) is 17.6 Å². The molecule has 0 aliphatic heterocycles. The molecule has 0 radical (unpaired) electrons. The summed E-state index contributed by atoms with van der Waals surface area (Å²) >= 11 is 0. The molecule has 0 spiro atoms. The molecule has 1 saturated carbocycles. The van der Waals surface area contributed by atoms with Gasteiger partial charge in [-0.3, -0.25) is 4.57 Å². The van der Waals surface area contributed by atoms with Crippen molar-refractivity contribution in [2.24, 2.45) is 0 Å². The van der Waals surface area contributed by atoms with Crippen LogP contribution in [0.2, 0.25) is 0 Å². The third-order valence-corrected chi connectivity index (χ3v) is 4.55. The lowest BCUT2D eigenvalue weighted by Gasteiger charge is -2.23. The molecule has 7 nitrogen and oxygen atoms in total. The van der Waals surface area contributed by atoms with E-state index in [1.54, 1.807) is 27.7 Å². The van der Waals surface area contributed by atoms with Gasteiger partial charge in [-0.05, 0) is 53.5 Å². The Morgan fingerprint density at radius 3 is 2.35 bits per heavy atom. The fourth-order valence-corrected chi connectivity index (χ4v) is 2.94. The van der Waals surface area contributed by atoms with E-state index in [1.807, 2.05) is 0 Å². The summed E-state index contributed by atoms with van der Waals surface area (Å²) in [6, 6.07) is 1.52. The van der Waals surface area contributed by atoms with Crippen LogP contribution in [0.3, 0.4) is 0 Å². The predicted molar refractivity (Wildman–Crippen MR) is 102 cm³/mol. The van der Waals surface area contributed by atoms with Crippen molar-refractivity contribution in [2.45, 2.75) is 71.4 Å². The first-order valence-electron chi connectivity index (χ1n) is 9.68. The van der Waals surface area contributed by atoms with Gasteiger partial charge >= 0.3 is 17.8 Å². The van der Waals surface area contributed by atoms with Gasteiger partial charge < -0.3 is 9.47 Å². The number of carbonyl (C=O) groups excluding carboxylic acids is 1. The van der Waals surface area contributed by atoms with Crippen LogP contribution < -0.4 is 10.4 Å². The van der Waals surface area contributed by atoms with Crippen LogP contribution in [0.5, 0.6) is 5.75 Å². The van der Waals surface area contributed by atoms with Crippen molar-refractivity contribution in [1.29, 1.82) is 0 Å². The van der Waals surface area contributed by atoms with Gasteiger partial charge in [-0.1, -0.05) is 0 Å². The van der Waals surface area contributed by atoms with Crippen LogP contribution in [-0.2, 0) is 4.74 Å². The Hall–Kier alpha value is -2.85. The molecule has 0 saturated heterocycles. The lowest BCUT2D eigenvalue weighted by Crippen LogP contribution is -2.32. The highest BCUT2D eigenvalue weighted by Gasteiger charge is 2.39. The number of aromatic nitrogens is 3. The number of ether oxygens (including phenoxy) is 2. The monoisotopic (exact) mass is 445 g/mol. The molecule has 0 N–H and O–H groups in total. The van der Waals surface area contributed by atoms with Crippen LogP contribution >= 0.6 is 0 Å². The molecule has 1 heterocycles. The van der Waals surface area contributed by atoms with E-state index in [0.717, 1.165) is 30.5 Å². The number of rotatable bonds is 5. The SMILES string of the molecule is Cc1nn(-c2cc(OC(C)C(F)(F)F)c(C(=O)OC(C)(C)C)cc2F)c(=O)n1C1CC1. The zero-order chi connectivity index (χ0) is 23.3. The highest BCUT2D eigenvalue weighted by Crippen LogP contribution is 2.35.